The van der Waals surface area contributed by atoms with E-state index in [4.69, 9.17) is 21.6 Å². The molecule has 1 N–H and O–H groups in total. The fraction of sp³-hybridized carbons (Fsp3) is 0.350. The van der Waals surface area contributed by atoms with E-state index in [1.54, 1.807) is 12.4 Å². The normalized spacial score (nSPS) is 11.0. The lowest BCUT2D eigenvalue weighted by Gasteiger charge is -2.06. The first kappa shape index (κ1) is 19.7. The van der Waals surface area contributed by atoms with Crippen molar-refractivity contribution in [1.29, 1.82) is 5.26 Å². The number of amidine groups is 1. The van der Waals surface area contributed by atoms with Crippen LogP contribution in [0, 0.1) is 11.5 Å². The van der Waals surface area contributed by atoms with Crippen LogP contribution < -0.4 is 10.1 Å². The molecule has 0 unspecified atom stereocenters. The highest BCUT2D eigenvalue weighted by molar-refractivity contribution is 6.30. The van der Waals surface area contributed by atoms with Gasteiger partial charge < -0.3 is 4.74 Å². The predicted octanol–water partition coefficient (Wildman–Crippen LogP) is 4.58. The van der Waals surface area contributed by atoms with Gasteiger partial charge in [-0.15, -0.1) is 0 Å². The number of aromatic nitrogens is 1. The Hall–Kier alpha value is -2.58. The molecule has 1 aromatic heterocycles. The second-order valence-corrected chi connectivity index (χ2v) is 6.22. The number of nitrogens with zero attached hydrogens (tertiary/aromatic N) is 3. The van der Waals surface area contributed by atoms with E-state index in [0.717, 1.165) is 55.0 Å². The standard InChI is InChI=1S/C20H23ClN4O/c21-18-8-10-19(11-9-18)26-14-5-3-1-2-4-13-24-20(25-16-22)17-7-6-12-23-15-17/h6-12,15H,1-5,13-14H2,(H,24,25). The molecule has 0 saturated carbocycles. The van der Waals surface area contributed by atoms with Crippen LogP contribution in [0.25, 0.3) is 0 Å². The average molecular weight is 371 g/mol. The molecule has 0 atom stereocenters. The summed E-state index contributed by atoms with van der Waals surface area (Å²) in [6, 6.07) is 11.1. The molecule has 6 heteroatoms. The summed E-state index contributed by atoms with van der Waals surface area (Å²) in [6.45, 7) is 1.41. The van der Waals surface area contributed by atoms with E-state index in [-0.39, 0.29) is 0 Å². The van der Waals surface area contributed by atoms with Gasteiger partial charge in [-0.1, -0.05) is 30.9 Å². The van der Waals surface area contributed by atoms with Crippen molar-refractivity contribution in [2.45, 2.75) is 32.1 Å². The average Bonchev–Trinajstić information content (AvgIpc) is 2.68. The van der Waals surface area contributed by atoms with Gasteiger partial charge in [0.05, 0.1) is 6.61 Å². The number of nitrogens with one attached hydrogen (secondary N) is 1. The summed E-state index contributed by atoms with van der Waals surface area (Å²) in [5.74, 6) is 1.44. The fourth-order valence-corrected chi connectivity index (χ4v) is 2.54. The smallest absolute Gasteiger partial charge is 0.182 e. The molecule has 0 fully saturated rings. The maximum absolute atomic E-state index is 8.84. The Bertz CT molecular complexity index is 711. The highest BCUT2D eigenvalue weighted by Crippen LogP contribution is 2.16. The molecule has 1 aromatic carbocycles. The number of hydrogen-bond donors (Lipinski definition) is 1. The van der Waals surface area contributed by atoms with Crippen LogP contribution in [-0.4, -0.2) is 24.0 Å². The molecule has 0 bridgehead atoms. The molecule has 0 radical (unpaired) electrons. The van der Waals surface area contributed by atoms with Crippen LogP contribution in [0.2, 0.25) is 5.02 Å². The zero-order valence-corrected chi connectivity index (χ0v) is 15.5. The Morgan fingerprint density at radius 1 is 1.12 bits per heavy atom. The number of rotatable bonds is 10. The van der Waals surface area contributed by atoms with E-state index >= 15 is 0 Å². The summed E-state index contributed by atoms with van der Waals surface area (Å²) >= 11 is 5.84. The van der Waals surface area contributed by atoms with Crippen LogP contribution in [0.15, 0.2) is 53.8 Å². The van der Waals surface area contributed by atoms with Crippen LogP contribution in [0.3, 0.4) is 0 Å². The zero-order chi connectivity index (χ0) is 18.5. The maximum atomic E-state index is 8.84. The monoisotopic (exact) mass is 370 g/mol. The van der Waals surface area contributed by atoms with E-state index in [0.29, 0.717) is 12.4 Å². The highest BCUT2D eigenvalue weighted by Gasteiger charge is 2.01. The van der Waals surface area contributed by atoms with Crippen LogP contribution in [-0.2, 0) is 0 Å². The number of aliphatic imine (C=N–C) groups is 1. The first-order valence-corrected chi connectivity index (χ1v) is 9.15. The number of pyridine rings is 1. The molecular formula is C20H23ClN4O. The summed E-state index contributed by atoms with van der Waals surface area (Å²) in [6.07, 6.45) is 10.7. The molecule has 2 aromatic rings. The topological polar surface area (TPSA) is 70.3 Å². The van der Waals surface area contributed by atoms with Gasteiger partial charge in [-0.2, -0.15) is 5.26 Å². The van der Waals surface area contributed by atoms with Crippen LogP contribution in [0.1, 0.15) is 37.7 Å². The SMILES string of the molecule is N#CNC(=NCCCCCCCOc1ccc(Cl)cc1)c1cccnc1. The van der Waals surface area contributed by atoms with Gasteiger partial charge in [0.1, 0.15) is 11.6 Å². The molecule has 0 aliphatic carbocycles. The van der Waals surface area contributed by atoms with Gasteiger partial charge in [0, 0.05) is 29.5 Å². The second kappa shape index (κ2) is 11.9. The summed E-state index contributed by atoms with van der Waals surface area (Å²) in [7, 11) is 0. The van der Waals surface area contributed by atoms with E-state index in [1.807, 2.05) is 42.6 Å². The minimum atomic E-state index is 0.581. The van der Waals surface area contributed by atoms with Gasteiger partial charge in [-0.25, -0.2) is 0 Å². The lowest BCUT2D eigenvalue weighted by atomic mass is 10.1. The quantitative estimate of drug-likeness (QED) is 0.218. The Balaban J connectivity index is 1.57. The first-order chi connectivity index (χ1) is 12.8. The number of unbranched alkanes of at least 4 members (excludes halogenated alkanes) is 4. The van der Waals surface area contributed by atoms with Crippen molar-refractivity contribution in [2.24, 2.45) is 4.99 Å². The molecule has 26 heavy (non-hydrogen) atoms. The number of ether oxygens (including phenoxy) is 1. The molecule has 0 spiro atoms. The third-order valence-electron chi connectivity index (χ3n) is 3.76. The lowest BCUT2D eigenvalue weighted by Crippen LogP contribution is -2.19. The lowest BCUT2D eigenvalue weighted by molar-refractivity contribution is 0.304. The Labute approximate surface area is 159 Å². The van der Waals surface area contributed by atoms with Crippen molar-refractivity contribution < 1.29 is 4.74 Å². The molecule has 2 rings (SSSR count). The van der Waals surface area contributed by atoms with Crippen molar-refractivity contribution >= 4 is 17.4 Å². The zero-order valence-electron chi connectivity index (χ0n) is 14.7. The number of hydrogen-bond acceptors (Lipinski definition) is 4. The molecule has 0 aliphatic heterocycles. The third-order valence-corrected chi connectivity index (χ3v) is 4.02. The van der Waals surface area contributed by atoms with Gasteiger partial charge in [0.25, 0.3) is 0 Å². The van der Waals surface area contributed by atoms with Crippen molar-refractivity contribution in [3.05, 3.63) is 59.4 Å². The van der Waals surface area contributed by atoms with Crippen molar-refractivity contribution in [2.75, 3.05) is 13.2 Å². The largest absolute Gasteiger partial charge is 0.494 e. The molecule has 0 amide bonds. The Morgan fingerprint density at radius 2 is 1.88 bits per heavy atom. The van der Waals surface area contributed by atoms with Crippen LogP contribution in [0.5, 0.6) is 5.75 Å². The maximum Gasteiger partial charge on any atom is 0.182 e. The second-order valence-electron chi connectivity index (χ2n) is 5.78. The van der Waals surface area contributed by atoms with E-state index in [9.17, 15) is 0 Å². The van der Waals surface area contributed by atoms with Crippen molar-refractivity contribution in [3.63, 3.8) is 0 Å². The minimum Gasteiger partial charge on any atom is -0.494 e. The highest BCUT2D eigenvalue weighted by atomic mass is 35.5. The first-order valence-electron chi connectivity index (χ1n) is 8.78. The van der Waals surface area contributed by atoms with Gasteiger partial charge in [0.15, 0.2) is 6.19 Å². The summed E-state index contributed by atoms with van der Waals surface area (Å²) in [5.41, 5.74) is 0.827. The minimum absolute atomic E-state index is 0.581. The molecule has 1 heterocycles. The van der Waals surface area contributed by atoms with E-state index in [2.05, 4.69) is 15.3 Å². The molecule has 0 aliphatic rings. The number of halogens is 1. The van der Waals surface area contributed by atoms with Gasteiger partial charge in [0.2, 0.25) is 0 Å². The van der Waals surface area contributed by atoms with Gasteiger partial charge in [-0.3, -0.25) is 15.3 Å². The summed E-state index contributed by atoms with van der Waals surface area (Å²) in [5, 5.41) is 12.2. The van der Waals surface area contributed by atoms with Gasteiger partial charge >= 0.3 is 0 Å². The molecule has 0 saturated heterocycles. The van der Waals surface area contributed by atoms with Crippen molar-refractivity contribution in [1.82, 2.24) is 10.3 Å². The summed E-state index contributed by atoms with van der Waals surface area (Å²) < 4.78 is 5.67. The van der Waals surface area contributed by atoms with E-state index < -0.39 is 0 Å². The van der Waals surface area contributed by atoms with Crippen molar-refractivity contribution in [3.8, 4) is 11.9 Å². The van der Waals surface area contributed by atoms with Crippen LogP contribution in [0.4, 0.5) is 0 Å². The number of nitriles is 1. The molecule has 136 valence electrons. The molecule has 5 nitrogen and oxygen atoms in total. The molecular weight excluding hydrogens is 348 g/mol. The summed E-state index contributed by atoms with van der Waals surface area (Å²) in [4.78, 5) is 8.52. The predicted molar refractivity (Wildman–Crippen MR) is 104 cm³/mol. The fourth-order valence-electron chi connectivity index (χ4n) is 2.41. The third kappa shape index (κ3) is 7.54. The van der Waals surface area contributed by atoms with E-state index in [1.165, 1.54) is 0 Å². The Morgan fingerprint density at radius 3 is 2.62 bits per heavy atom. The van der Waals surface area contributed by atoms with Crippen LogP contribution >= 0.6 is 11.6 Å². The Kier molecular flexibility index (Phi) is 9.02. The van der Waals surface area contributed by atoms with Gasteiger partial charge in [-0.05, 0) is 49.2 Å². The number of benzene rings is 1.